The molecule has 0 saturated heterocycles. The van der Waals surface area contributed by atoms with Gasteiger partial charge in [-0.05, 0) is 6.42 Å². The van der Waals surface area contributed by atoms with Crippen molar-refractivity contribution < 1.29 is 15.0 Å². The standard InChI is InChI=1S/C7H12N4O3/c12-3-1-2-8-7-9-5(10-11-7)4-6(13)14/h12H,1-4H2,(H,13,14)(H2,8,9,10,11). The van der Waals surface area contributed by atoms with Crippen molar-refractivity contribution in [3.63, 3.8) is 0 Å². The molecule has 1 heterocycles. The molecule has 7 heteroatoms. The Morgan fingerprint density at radius 3 is 3.00 bits per heavy atom. The number of carbonyl (C=O) groups is 1. The van der Waals surface area contributed by atoms with E-state index in [-0.39, 0.29) is 13.0 Å². The number of aliphatic hydroxyl groups excluding tert-OH is 1. The largest absolute Gasteiger partial charge is 0.481 e. The van der Waals surface area contributed by atoms with Crippen molar-refractivity contribution in [1.82, 2.24) is 15.2 Å². The van der Waals surface area contributed by atoms with Crippen LogP contribution in [0.25, 0.3) is 0 Å². The number of H-pyrrole nitrogens is 1. The number of nitrogens with one attached hydrogen (secondary N) is 2. The van der Waals surface area contributed by atoms with Gasteiger partial charge in [0.2, 0.25) is 5.95 Å². The highest BCUT2D eigenvalue weighted by atomic mass is 16.4. The monoisotopic (exact) mass is 200 g/mol. The van der Waals surface area contributed by atoms with E-state index >= 15 is 0 Å². The molecule has 0 aromatic carbocycles. The number of aliphatic hydroxyl groups is 1. The van der Waals surface area contributed by atoms with E-state index in [2.05, 4.69) is 20.5 Å². The highest BCUT2D eigenvalue weighted by Crippen LogP contribution is 1.98. The third-order valence-corrected chi connectivity index (χ3v) is 1.47. The Kier molecular flexibility index (Phi) is 3.86. The molecule has 78 valence electrons. The topological polar surface area (TPSA) is 111 Å². The lowest BCUT2D eigenvalue weighted by atomic mass is 10.4. The van der Waals surface area contributed by atoms with Crippen molar-refractivity contribution in [3.05, 3.63) is 5.82 Å². The first-order valence-electron chi connectivity index (χ1n) is 4.20. The number of anilines is 1. The summed E-state index contributed by atoms with van der Waals surface area (Å²) >= 11 is 0. The summed E-state index contributed by atoms with van der Waals surface area (Å²) in [6, 6.07) is 0. The highest BCUT2D eigenvalue weighted by Gasteiger charge is 2.05. The summed E-state index contributed by atoms with van der Waals surface area (Å²) in [5, 5.41) is 26.0. The molecule has 1 aromatic heterocycles. The second-order valence-electron chi connectivity index (χ2n) is 2.68. The molecule has 0 saturated carbocycles. The van der Waals surface area contributed by atoms with E-state index in [0.717, 1.165) is 0 Å². The van der Waals surface area contributed by atoms with Crippen LogP contribution in [-0.4, -0.2) is 44.5 Å². The number of aromatic amines is 1. The minimum atomic E-state index is -0.956. The molecule has 0 bridgehead atoms. The molecule has 0 radical (unpaired) electrons. The maximum atomic E-state index is 10.3. The van der Waals surface area contributed by atoms with Crippen molar-refractivity contribution in [3.8, 4) is 0 Å². The summed E-state index contributed by atoms with van der Waals surface area (Å²) in [5.41, 5.74) is 0. The fraction of sp³-hybridized carbons (Fsp3) is 0.571. The number of nitrogens with zero attached hydrogens (tertiary/aromatic N) is 2. The van der Waals surface area contributed by atoms with Crippen LogP contribution >= 0.6 is 0 Å². The predicted octanol–water partition coefficient (Wildman–Crippen LogP) is -0.774. The minimum Gasteiger partial charge on any atom is -0.481 e. The summed E-state index contributed by atoms with van der Waals surface area (Å²) in [6.07, 6.45) is 0.428. The third-order valence-electron chi connectivity index (χ3n) is 1.47. The molecule has 0 aliphatic heterocycles. The maximum absolute atomic E-state index is 10.3. The second-order valence-corrected chi connectivity index (χ2v) is 2.68. The number of hydrogen-bond donors (Lipinski definition) is 4. The molecule has 0 aliphatic rings. The summed E-state index contributed by atoms with van der Waals surface area (Å²) in [7, 11) is 0. The van der Waals surface area contributed by atoms with Gasteiger partial charge in [-0.1, -0.05) is 0 Å². The van der Waals surface area contributed by atoms with Gasteiger partial charge < -0.3 is 15.5 Å². The van der Waals surface area contributed by atoms with Gasteiger partial charge in [-0.15, -0.1) is 5.10 Å². The molecule has 1 aromatic rings. The van der Waals surface area contributed by atoms with Crippen molar-refractivity contribution >= 4 is 11.9 Å². The van der Waals surface area contributed by atoms with Crippen LogP contribution < -0.4 is 5.32 Å². The molecule has 1 rings (SSSR count). The van der Waals surface area contributed by atoms with Crippen LogP contribution in [0.2, 0.25) is 0 Å². The minimum absolute atomic E-state index is 0.0966. The Hall–Kier alpha value is -1.63. The third kappa shape index (κ3) is 3.40. The van der Waals surface area contributed by atoms with Gasteiger partial charge in [0.05, 0.1) is 0 Å². The molecule has 0 atom stereocenters. The number of carboxylic acid groups (broad SMARTS) is 1. The van der Waals surface area contributed by atoms with Crippen LogP contribution in [-0.2, 0) is 11.2 Å². The molecule has 0 aliphatic carbocycles. The number of rotatable bonds is 6. The lowest BCUT2D eigenvalue weighted by Crippen LogP contribution is -2.05. The van der Waals surface area contributed by atoms with Gasteiger partial charge in [0.1, 0.15) is 12.2 Å². The molecule has 0 amide bonds. The Balaban J connectivity index is 2.38. The lowest BCUT2D eigenvalue weighted by molar-refractivity contribution is -0.136. The number of carboxylic acids is 1. The molecule has 0 unspecified atom stereocenters. The van der Waals surface area contributed by atoms with Crippen LogP contribution in [0.15, 0.2) is 0 Å². The van der Waals surface area contributed by atoms with Gasteiger partial charge in [-0.3, -0.25) is 9.89 Å². The summed E-state index contributed by atoms with van der Waals surface area (Å²) < 4.78 is 0. The van der Waals surface area contributed by atoms with Gasteiger partial charge in [-0.25, -0.2) is 0 Å². The SMILES string of the molecule is O=C(O)Cc1nc(NCCCO)n[nH]1. The van der Waals surface area contributed by atoms with E-state index in [1.807, 2.05) is 0 Å². The van der Waals surface area contributed by atoms with Crippen molar-refractivity contribution in [2.45, 2.75) is 12.8 Å². The zero-order chi connectivity index (χ0) is 10.4. The predicted molar refractivity (Wildman–Crippen MR) is 47.9 cm³/mol. The second kappa shape index (κ2) is 5.18. The summed E-state index contributed by atoms with van der Waals surface area (Å²) in [5.74, 6) is -0.290. The first-order chi connectivity index (χ1) is 6.72. The van der Waals surface area contributed by atoms with Gasteiger partial charge in [0.25, 0.3) is 0 Å². The van der Waals surface area contributed by atoms with Crippen molar-refractivity contribution in [2.24, 2.45) is 0 Å². The average molecular weight is 200 g/mol. The lowest BCUT2D eigenvalue weighted by Gasteiger charge is -1.97. The van der Waals surface area contributed by atoms with Crippen LogP contribution in [0.1, 0.15) is 12.2 Å². The smallest absolute Gasteiger partial charge is 0.311 e. The van der Waals surface area contributed by atoms with E-state index in [0.29, 0.717) is 24.7 Å². The molecular weight excluding hydrogens is 188 g/mol. The molecule has 0 fully saturated rings. The number of aliphatic carboxylic acids is 1. The molecular formula is C7H12N4O3. The van der Waals surface area contributed by atoms with E-state index < -0.39 is 5.97 Å². The fourth-order valence-corrected chi connectivity index (χ4v) is 0.876. The van der Waals surface area contributed by atoms with E-state index in [1.54, 1.807) is 0 Å². The van der Waals surface area contributed by atoms with E-state index in [4.69, 9.17) is 10.2 Å². The Morgan fingerprint density at radius 1 is 1.57 bits per heavy atom. The van der Waals surface area contributed by atoms with Crippen molar-refractivity contribution in [2.75, 3.05) is 18.5 Å². The summed E-state index contributed by atoms with van der Waals surface area (Å²) in [4.78, 5) is 14.2. The number of hydrogen-bond acceptors (Lipinski definition) is 5. The quantitative estimate of drug-likeness (QED) is 0.448. The normalized spacial score (nSPS) is 10.1. The van der Waals surface area contributed by atoms with E-state index in [9.17, 15) is 4.79 Å². The van der Waals surface area contributed by atoms with Crippen LogP contribution in [0, 0.1) is 0 Å². The maximum Gasteiger partial charge on any atom is 0.311 e. The molecule has 7 nitrogen and oxygen atoms in total. The molecule has 4 N–H and O–H groups in total. The Bertz CT molecular complexity index is 299. The number of aromatic nitrogens is 3. The van der Waals surface area contributed by atoms with Gasteiger partial charge >= 0.3 is 5.97 Å². The average Bonchev–Trinajstić information content (AvgIpc) is 2.52. The Morgan fingerprint density at radius 2 is 2.36 bits per heavy atom. The van der Waals surface area contributed by atoms with Crippen LogP contribution in [0.5, 0.6) is 0 Å². The van der Waals surface area contributed by atoms with Crippen molar-refractivity contribution in [1.29, 1.82) is 0 Å². The molecule has 0 spiro atoms. The zero-order valence-corrected chi connectivity index (χ0v) is 7.53. The Labute approximate surface area is 80.2 Å². The van der Waals surface area contributed by atoms with E-state index in [1.165, 1.54) is 0 Å². The zero-order valence-electron chi connectivity index (χ0n) is 7.53. The van der Waals surface area contributed by atoms with Crippen LogP contribution in [0.4, 0.5) is 5.95 Å². The first kappa shape index (κ1) is 10.5. The van der Waals surface area contributed by atoms with Crippen LogP contribution in [0.3, 0.4) is 0 Å². The van der Waals surface area contributed by atoms with Gasteiger partial charge in [0.15, 0.2) is 0 Å². The first-order valence-corrected chi connectivity index (χ1v) is 4.20. The molecule has 14 heavy (non-hydrogen) atoms. The highest BCUT2D eigenvalue weighted by molar-refractivity contribution is 5.69. The van der Waals surface area contributed by atoms with Gasteiger partial charge in [-0.2, -0.15) is 4.98 Å². The summed E-state index contributed by atoms with van der Waals surface area (Å²) in [6.45, 7) is 0.653. The van der Waals surface area contributed by atoms with Gasteiger partial charge in [0, 0.05) is 13.2 Å². The fourth-order valence-electron chi connectivity index (χ4n) is 0.876.